The summed E-state index contributed by atoms with van der Waals surface area (Å²) in [7, 11) is 1.32. The van der Waals surface area contributed by atoms with E-state index in [4.69, 9.17) is 4.74 Å². The molecule has 1 aromatic carbocycles. The van der Waals surface area contributed by atoms with Crippen molar-refractivity contribution in [3.63, 3.8) is 0 Å². The molecule has 4 heterocycles. The molecular formula is C25H23N3O4S2. The second-order valence-electron chi connectivity index (χ2n) is 8.11. The number of methoxy groups -OCH3 is 1. The number of rotatable bonds is 5. The van der Waals surface area contributed by atoms with Crippen LogP contribution in [0, 0.1) is 0 Å². The predicted molar refractivity (Wildman–Crippen MR) is 133 cm³/mol. The van der Waals surface area contributed by atoms with Gasteiger partial charge in [0.2, 0.25) is 0 Å². The summed E-state index contributed by atoms with van der Waals surface area (Å²) in [5.74, 6) is -0.692. The summed E-state index contributed by atoms with van der Waals surface area (Å²) in [5.41, 5.74) is 2.49. The number of carbonyl (C=O) groups is 2. The highest BCUT2D eigenvalue weighted by Crippen LogP contribution is 2.36. The number of unbranched alkanes of at least 4 members (excludes halogenated alkanes) is 1. The Labute approximate surface area is 203 Å². The lowest BCUT2D eigenvalue weighted by Crippen LogP contribution is -2.40. The van der Waals surface area contributed by atoms with Crippen molar-refractivity contribution >= 4 is 45.8 Å². The highest BCUT2D eigenvalue weighted by molar-refractivity contribution is 7.10. The van der Waals surface area contributed by atoms with Gasteiger partial charge in [0.15, 0.2) is 4.80 Å². The van der Waals surface area contributed by atoms with Gasteiger partial charge in [-0.2, -0.15) is 0 Å². The number of fused-ring (bicyclic) bond motifs is 2. The molecule has 3 aromatic rings. The van der Waals surface area contributed by atoms with Crippen LogP contribution in [0.5, 0.6) is 0 Å². The van der Waals surface area contributed by atoms with Gasteiger partial charge >= 0.3 is 5.97 Å². The van der Waals surface area contributed by atoms with Gasteiger partial charge in [-0.15, -0.1) is 11.3 Å². The molecule has 2 aliphatic heterocycles. The van der Waals surface area contributed by atoms with Crippen molar-refractivity contribution in [2.75, 3.05) is 18.6 Å². The first-order chi connectivity index (χ1) is 16.5. The number of esters is 1. The molecule has 0 fully saturated rings. The lowest BCUT2D eigenvalue weighted by atomic mass is 10.0. The van der Waals surface area contributed by atoms with E-state index in [0.717, 1.165) is 29.0 Å². The third kappa shape index (κ3) is 3.38. The Hall–Kier alpha value is -3.30. The third-order valence-electron chi connectivity index (χ3n) is 6.10. The first-order valence-corrected chi connectivity index (χ1v) is 12.8. The molecule has 0 bridgehead atoms. The molecule has 0 aliphatic carbocycles. The molecule has 0 saturated heterocycles. The second kappa shape index (κ2) is 8.81. The van der Waals surface area contributed by atoms with Crippen LogP contribution in [0.4, 0.5) is 5.69 Å². The number of amides is 1. The zero-order chi connectivity index (χ0) is 24.0. The molecule has 0 N–H and O–H groups in total. The molecule has 2 aliphatic rings. The Morgan fingerprint density at radius 1 is 1.18 bits per heavy atom. The number of para-hydroxylation sites is 1. The van der Waals surface area contributed by atoms with E-state index in [1.165, 1.54) is 34.4 Å². The number of hydrogen-bond acceptors (Lipinski definition) is 7. The molecule has 1 atom stereocenters. The molecule has 34 heavy (non-hydrogen) atoms. The monoisotopic (exact) mass is 493 g/mol. The number of benzene rings is 1. The smallest absolute Gasteiger partial charge is 0.338 e. The standard InChI is InChI=1S/C25H23N3O4S2/c1-4-5-12-27-16-10-7-6-9-15(16)19(22(27)29)21-23(30)28-20(17-11-8-13-33-17)18(24(31)32-3)14(2)26-25(28)34-21/h6-11,13,20H,4-5,12H2,1-3H3/b21-19-/t20-/m0/s1. The number of aromatic nitrogens is 1. The van der Waals surface area contributed by atoms with Gasteiger partial charge in [0.05, 0.1) is 29.6 Å². The summed E-state index contributed by atoms with van der Waals surface area (Å²) in [6.07, 6.45) is 1.83. The largest absolute Gasteiger partial charge is 0.466 e. The van der Waals surface area contributed by atoms with E-state index in [2.05, 4.69) is 11.9 Å². The average molecular weight is 494 g/mol. The lowest BCUT2D eigenvalue weighted by molar-refractivity contribution is -0.136. The number of ether oxygens (including phenoxy) is 1. The van der Waals surface area contributed by atoms with Gasteiger partial charge in [0.25, 0.3) is 11.5 Å². The quantitative estimate of drug-likeness (QED) is 0.512. The molecule has 9 heteroatoms. The molecule has 5 rings (SSSR count). The van der Waals surface area contributed by atoms with Gasteiger partial charge in [-0.25, -0.2) is 9.79 Å². The lowest BCUT2D eigenvalue weighted by Gasteiger charge is -2.22. The van der Waals surface area contributed by atoms with Gasteiger partial charge in [-0.05, 0) is 30.9 Å². The number of anilines is 1. The van der Waals surface area contributed by atoms with Crippen molar-refractivity contribution in [1.29, 1.82) is 0 Å². The van der Waals surface area contributed by atoms with Gasteiger partial charge < -0.3 is 9.64 Å². The molecule has 1 amide bonds. The first kappa shape index (κ1) is 22.5. The number of hydrogen-bond donors (Lipinski definition) is 0. The van der Waals surface area contributed by atoms with Crippen LogP contribution in [0.15, 0.2) is 62.8 Å². The fourth-order valence-electron chi connectivity index (χ4n) is 4.50. The Morgan fingerprint density at radius 3 is 2.68 bits per heavy atom. The van der Waals surface area contributed by atoms with E-state index in [-0.39, 0.29) is 11.5 Å². The number of nitrogens with zero attached hydrogens (tertiary/aromatic N) is 3. The van der Waals surface area contributed by atoms with Crippen LogP contribution in [0.1, 0.15) is 43.2 Å². The molecule has 0 saturated carbocycles. The first-order valence-electron chi connectivity index (χ1n) is 11.1. The minimum absolute atomic E-state index is 0.170. The number of thiazole rings is 1. The van der Waals surface area contributed by atoms with Crippen molar-refractivity contribution in [3.8, 4) is 0 Å². The van der Waals surface area contributed by atoms with Crippen molar-refractivity contribution in [2.24, 2.45) is 4.99 Å². The van der Waals surface area contributed by atoms with Crippen LogP contribution in [-0.2, 0) is 14.3 Å². The molecular weight excluding hydrogens is 470 g/mol. The van der Waals surface area contributed by atoms with Crippen molar-refractivity contribution < 1.29 is 14.3 Å². The molecule has 0 unspecified atom stereocenters. The normalized spacial score (nSPS) is 18.6. The van der Waals surface area contributed by atoms with E-state index in [1.807, 2.05) is 41.8 Å². The Bertz CT molecular complexity index is 1510. The SMILES string of the molecule is CCCCN1C(=O)/C(=c2\sc3n(c2=O)[C@@H](c2cccs2)C(C(=O)OC)=C(C)N=3)c2ccccc21. The zero-order valence-corrected chi connectivity index (χ0v) is 20.7. The summed E-state index contributed by atoms with van der Waals surface area (Å²) in [4.78, 5) is 47.8. The van der Waals surface area contributed by atoms with E-state index in [9.17, 15) is 14.4 Å². The highest BCUT2D eigenvalue weighted by atomic mass is 32.1. The maximum Gasteiger partial charge on any atom is 0.338 e. The predicted octanol–water partition coefficient (Wildman–Crippen LogP) is 2.99. The maximum absolute atomic E-state index is 13.9. The minimum atomic E-state index is -0.652. The van der Waals surface area contributed by atoms with Crippen LogP contribution < -0.4 is 19.8 Å². The van der Waals surface area contributed by atoms with E-state index in [0.29, 0.717) is 32.7 Å². The van der Waals surface area contributed by atoms with Gasteiger partial charge in [-0.1, -0.05) is 48.9 Å². The van der Waals surface area contributed by atoms with Gasteiger partial charge in [-0.3, -0.25) is 14.2 Å². The van der Waals surface area contributed by atoms with Crippen LogP contribution in [-0.4, -0.2) is 30.1 Å². The fourth-order valence-corrected chi connectivity index (χ4v) is 6.46. The molecule has 0 spiro atoms. The van der Waals surface area contributed by atoms with E-state index < -0.39 is 12.0 Å². The maximum atomic E-state index is 13.9. The topological polar surface area (TPSA) is 81.0 Å². The summed E-state index contributed by atoms with van der Waals surface area (Å²) in [5, 5.41) is 1.90. The molecule has 7 nitrogen and oxygen atoms in total. The summed E-state index contributed by atoms with van der Waals surface area (Å²) in [6, 6.07) is 10.7. The van der Waals surface area contributed by atoms with Crippen molar-refractivity contribution in [3.05, 3.63) is 83.2 Å². The summed E-state index contributed by atoms with van der Waals surface area (Å²) >= 11 is 2.65. The van der Waals surface area contributed by atoms with E-state index in [1.54, 1.807) is 11.8 Å². The third-order valence-corrected chi connectivity index (χ3v) is 8.08. The van der Waals surface area contributed by atoms with Crippen molar-refractivity contribution in [1.82, 2.24) is 4.57 Å². The number of allylic oxidation sites excluding steroid dienone is 1. The molecule has 174 valence electrons. The number of thiophene rings is 1. The average Bonchev–Trinajstić information content (AvgIpc) is 3.54. The fraction of sp³-hybridized carbons (Fsp3) is 0.280. The summed E-state index contributed by atoms with van der Waals surface area (Å²) in [6.45, 7) is 4.42. The molecule has 2 aromatic heterocycles. The van der Waals surface area contributed by atoms with Crippen LogP contribution >= 0.6 is 22.7 Å². The number of carbonyl (C=O) groups excluding carboxylic acids is 2. The minimum Gasteiger partial charge on any atom is -0.466 e. The summed E-state index contributed by atoms with van der Waals surface area (Å²) < 4.78 is 6.91. The van der Waals surface area contributed by atoms with Gasteiger partial charge in [0, 0.05) is 17.0 Å². The molecule has 0 radical (unpaired) electrons. The van der Waals surface area contributed by atoms with Crippen LogP contribution in [0.25, 0.3) is 5.57 Å². The zero-order valence-electron chi connectivity index (χ0n) is 19.0. The van der Waals surface area contributed by atoms with Gasteiger partial charge in [0.1, 0.15) is 10.6 Å². The Balaban J connectivity index is 1.79. The second-order valence-corrected chi connectivity index (χ2v) is 10.1. The Morgan fingerprint density at radius 2 is 1.97 bits per heavy atom. The van der Waals surface area contributed by atoms with Crippen molar-refractivity contribution in [2.45, 2.75) is 32.7 Å². The highest BCUT2D eigenvalue weighted by Gasteiger charge is 2.37. The van der Waals surface area contributed by atoms with Crippen LogP contribution in [0.3, 0.4) is 0 Å². The van der Waals surface area contributed by atoms with E-state index >= 15 is 0 Å². The Kier molecular flexibility index (Phi) is 5.83. The van der Waals surface area contributed by atoms with Crippen LogP contribution in [0.2, 0.25) is 0 Å².